The Labute approximate surface area is 93.7 Å². The first-order valence-corrected chi connectivity index (χ1v) is 5.10. The third kappa shape index (κ3) is 1.54. The molecular weight excluding hydrogens is 202 g/mol. The lowest BCUT2D eigenvalue weighted by molar-refractivity contribution is -0.142. The highest BCUT2D eigenvalue weighted by Crippen LogP contribution is 2.29. The number of rotatable bonds is 2. The van der Waals surface area contributed by atoms with Gasteiger partial charge in [0.05, 0.1) is 5.41 Å². The van der Waals surface area contributed by atoms with E-state index < -0.39 is 11.4 Å². The first-order chi connectivity index (χ1) is 7.53. The molecule has 1 heterocycles. The van der Waals surface area contributed by atoms with Gasteiger partial charge in [-0.3, -0.25) is 9.78 Å². The molecule has 0 aliphatic heterocycles. The van der Waals surface area contributed by atoms with E-state index >= 15 is 0 Å². The molecule has 0 bridgehead atoms. The summed E-state index contributed by atoms with van der Waals surface area (Å²) in [4.78, 5) is 15.3. The lowest BCUT2D eigenvalue weighted by Gasteiger charge is -2.21. The van der Waals surface area contributed by atoms with Crippen LogP contribution >= 0.6 is 0 Å². The molecule has 0 saturated heterocycles. The van der Waals surface area contributed by atoms with Gasteiger partial charge >= 0.3 is 5.97 Å². The normalized spacial score (nSPS) is 11.6. The Morgan fingerprint density at radius 3 is 2.75 bits per heavy atom. The molecule has 0 fully saturated rings. The molecule has 1 aromatic carbocycles. The average Bonchev–Trinajstić information content (AvgIpc) is 2.28. The standard InChI is InChI=1S/C13H13NO2/c1-13(2,12(15)16)11-5-3-4-9-8-14-7-6-10(9)11/h3-8H,1-2H3,(H,15,16). The van der Waals surface area contributed by atoms with Crippen molar-refractivity contribution >= 4 is 16.7 Å². The second kappa shape index (κ2) is 3.59. The smallest absolute Gasteiger partial charge is 0.313 e. The topological polar surface area (TPSA) is 50.2 Å². The Hall–Kier alpha value is -1.90. The van der Waals surface area contributed by atoms with Crippen molar-refractivity contribution in [3.8, 4) is 0 Å². The lowest BCUT2D eigenvalue weighted by Crippen LogP contribution is -2.28. The number of hydrogen-bond donors (Lipinski definition) is 1. The zero-order valence-electron chi connectivity index (χ0n) is 9.27. The molecule has 3 nitrogen and oxygen atoms in total. The summed E-state index contributed by atoms with van der Waals surface area (Å²) in [5, 5.41) is 11.2. The van der Waals surface area contributed by atoms with E-state index in [1.54, 1.807) is 26.2 Å². The van der Waals surface area contributed by atoms with Gasteiger partial charge in [-0.25, -0.2) is 0 Å². The predicted octanol–water partition coefficient (Wildman–Crippen LogP) is 2.60. The van der Waals surface area contributed by atoms with Crippen molar-refractivity contribution < 1.29 is 9.90 Å². The third-order valence-corrected chi connectivity index (χ3v) is 2.89. The van der Waals surface area contributed by atoms with Crippen molar-refractivity contribution in [3.63, 3.8) is 0 Å². The Morgan fingerprint density at radius 2 is 2.06 bits per heavy atom. The van der Waals surface area contributed by atoms with Crippen LogP contribution in [0.5, 0.6) is 0 Å². The van der Waals surface area contributed by atoms with Gasteiger partial charge in [0.15, 0.2) is 0 Å². The van der Waals surface area contributed by atoms with Gasteiger partial charge in [0.1, 0.15) is 0 Å². The number of aliphatic carboxylic acids is 1. The van der Waals surface area contributed by atoms with Crippen molar-refractivity contribution in [2.75, 3.05) is 0 Å². The van der Waals surface area contributed by atoms with Crippen LogP contribution in [0.15, 0.2) is 36.7 Å². The van der Waals surface area contributed by atoms with E-state index in [1.165, 1.54) is 0 Å². The number of fused-ring (bicyclic) bond motifs is 1. The van der Waals surface area contributed by atoms with Crippen LogP contribution in [0.3, 0.4) is 0 Å². The van der Waals surface area contributed by atoms with Crippen molar-refractivity contribution in [1.29, 1.82) is 0 Å². The molecule has 0 amide bonds. The van der Waals surface area contributed by atoms with Crippen molar-refractivity contribution in [1.82, 2.24) is 4.98 Å². The number of carbonyl (C=O) groups is 1. The molecule has 0 unspecified atom stereocenters. The summed E-state index contributed by atoms with van der Waals surface area (Å²) in [5.41, 5.74) is -0.0687. The number of benzene rings is 1. The third-order valence-electron chi connectivity index (χ3n) is 2.89. The van der Waals surface area contributed by atoms with Gasteiger partial charge in [0.2, 0.25) is 0 Å². The molecule has 2 aromatic rings. The van der Waals surface area contributed by atoms with E-state index in [0.717, 1.165) is 16.3 Å². The van der Waals surface area contributed by atoms with Gasteiger partial charge in [0, 0.05) is 17.8 Å². The minimum Gasteiger partial charge on any atom is -0.481 e. The second-order valence-corrected chi connectivity index (χ2v) is 4.33. The summed E-state index contributed by atoms with van der Waals surface area (Å²) in [6, 6.07) is 7.51. The molecule has 16 heavy (non-hydrogen) atoms. The zero-order chi connectivity index (χ0) is 11.8. The maximum absolute atomic E-state index is 11.2. The molecule has 1 aromatic heterocycles. The highest BCUT2D eigenvalue weighted by atomic mass is 16.4. The molecule has 3 heteroatoms. The van der Waals surface area contributed by atoms with Crippen molar-refractivity contribution in [2.24, 2.45) is 0 Å². The fraction of sp³-hybridized carbons (Fsp3) is 0.231. The highest BCUT2D eigenvalue weighted by molar-refractivity contribution is 5.92. The predicted molar refractivity (Wildman–Crippen MR) is 62.4 cm³/mol. The van der Waals surface area contributed by atoms with Crippen LogP contribution in [0, 0.1) is 0 Å². The maximum Gasteiger partial charge on any atom is 0.313 e. The van der Waals surface area contributed by atoms with Crippen LogP contribution in [0.25, 0.3) is 10.8 Å². The Morgan fingerprint density at radius 1 is 1.31 bits per heavy atom. The monoisotopic (exact) mass is 215 g/mol. The van der Waals surface area contributed by atoms with Gasteiger partial charge in [-0.1, -0.05) is 18.2 Å². The van der Waals surface area contributed by atoms with Crippen molar-refractivity contribution in [3.05, 3.63) is 42.2 Å². The quantitative estimate of drug-likeness (QED) is 0.837. The summed E-state index contributed by atoms with van der Waals surface area (Å²) in [6.45, 7) is 3.43. The van der Waals surface area contributed by atoms with E-state index in [9.17, 15) is 9.90 Å². The summed E-state index contributed by atoms with van der Waals surface area (Å²) < 4.78 is 0. The molecule has 0 aliphatic carbocycles. The van der Waals surface area contributed by atoms with Crippen LogP contribution < -0.4 is 0 Å². The fourth-order valence-electron chi connectivity index (χ4n) is 1.78. The van der Waals surface area contributed by atoms with Gasteiger partial charge in [0.25, 0.3) is 0 Å². The largest absolute Gasteiger partial charge is 0.481 e. The van der Waals surface area contributed by atoms with Crippen LogP contribution in [-0.4, -0.2) is 16.1 Å². The number of nitrogens with zero attached hydrogens (tertiary/aromatic N) is 1. The van der Waals surface area contributed by atoms with Crippen LogP contribution in [0.4, 0.5) is 0 Å². The Kier molecular flexibility index (Phi) is 2.38. The molecule has 1 N–H and O–H groups in total. The van der Waals surface area contributed by atoms with Gasteiger partial charge in [-0.15, -0.1) is 0 Å². The highest BCUT2D eigenvalue weighted by Gasteiger charge is 2.30. The fourth-order valence-corrected chi connectivity index (χ4v) is 1.78. The summed E-state index contributed by atoms with van der Waals surface area (Å²) in [6.07, 6.45) is 3.43. The number of carboxylic acid groups (broad SMARTS) is 1. The molecule has 0 saturated carbocycles. The second-order valence-electron chi connectivity index (χ2n) is 4.33. The van der Waals surface area contributed by atoms with Crippen LogP contribution in [0.1, 0.15) is 19.4 Å². The SMILES string of the molecule is CC(C)(C(=O)O)c1cccc2cnccc12. The molecule has 0 atom stereocenters. The van der Waals surface area contributed by atoms with Gasteiger partial charge in [-0.05, 0) is 30.9 Å². The lowest BCUT2D eigenvalue weighted by atomic mass is 9.82. The van der Waals surface area contributed by atoms with E-state index in [2.05, 4.69) is 4.98 Å². The Bertz CT molecular complexity index is 541. The number of hydrogen-bond acceptors (Lipinski definition) is 2. The van der Waals surface area contributed by atoms with E-state index in [0.29, 0.717) is 0 Å². The first-order valence-electron chi connectivity index (χ1n) is 5.10. The summed E-state index contributed by atoms with van der Waals surface area (Å²) in [7, 11) is 0. The Balaban J connectivity index is 2.74. The minimum atomic E-state index is -0.888. The molecule has 82 valence electrons. The number of carboxylic acids is 1. The average molecular weight is 215 g/mol. The summed E-state index contributed by atoms with van der Waals surface area (Å²) >= 11 is 0. The molecule has 2 rings (SSSR count). The molecule has 0 aliphatic rings. The number of aromatic nitrogens is 1. The van der Waals surface area contributed by atoms with E-state index in [1.807, 2.05) is 24.3 Å². The van der Waals surface area contributed by atoms with E-state index in [4.69, 9.17) is 0 Å². The molecule has 0 radical (unpaired) electrons. The van der Waals surface area contributed by atoms with E-state index in [-0.39, 0.29) is 0 Å². The maximum atomic E-state index is 11.2. The van der Waals surface area contributed by atoms with Gasteiger partial charge in [-0.2, -0.15) is 0 Å². The summed E-state index contributed by atoms with van der Waals surface area (Å²) in [5.74, 6) is -0.822. The van der Waals surface area contributed by atoms with Crippen molar-refractivity contribution in [2.45, 2.75) is 19.3 Å². The van der Waals surface area contributed by atoms with Gasteiger partial charge < -0.3 is 5.11 Å². The zero-order valence-corrected chi connectivity index (χ0v) is 9.27. The number of pyridine rings is 1. The molecule has 0 spiro atoms. The van der Waals surface area contributed by atoms with Crippen LogP contribution in [-0.2, 0) is 10.2 Å². The first kappa shape index (κ1) is 10.6. The molecular formula is C13H13NO2. The minimum absolute atomic E-state index is 0.819. The van der Waals surface area contributed by atoms with Crippen LogP contribution in [0.2, 0.25) is 0 Å².